The lowest BCUT2D eigenvalue weighted by Gasteiger charge is -2.29. The minimum Gasteiger partial charge on any atom is -0.474 e. The lowest BCUT2D eigenvalue weighted by atomic mass is 10.2. The van der Waals surface area contributed by atoms with E-state index in [2.05, 4.69) is 10.4 Å². The number of thiocarbonyl (C=S) groups is 1. The Morgan fingerprint density at radius 2 is 2.23 bits per heavy atom. The minimum absolute atomic E-state index is 0.0435. The first-order valence-electron chi connectivity index (χ1n) is 9.72. The molecule has 1 saturated heterocycles. The van der Waals surface area contributed by atoms with Gasteiger partial charge in [0.2, 0.25) is 0 Å². The Labute approximate surface area is 184 Å². The summed E-state index contributed by atoms with van der Waals surface area (Å²) in [5, 5.41) is 8.76. The van der Waals surface area contributed by atoms with Crippen molar-refractivity contribution < 1.29 is 28.2 Å². The molecule has 2 aliphatic rings. The maximum Gasteiger partial charge on any atom is 0.414 e. The van der Waals surface area contributed by atoms with Crippen molar-refractivity contribution in [2.24, 2.45) is 5.10 Å². The first-order valence-corrected chi connectivity index (χ1v) is 10.1. The van der Waals surface area contributed by atoms with E-state index < -0.39 is 18.0 Å². The Hall–Kier alpha value is -3.15. The monoisotopic (exact) mass is 453 g/mol. The van der Waals surface area contributed by atoms with Crippen molar-refractivity contribution in [2.45, 2.75) is 13.0 Å². The zero-order chi connectivity index (χ0) is 22.4. The predicted octanol–water partition coefficient (Wildman–Crippen LogP) is 1.30. The fourth-order valence-electron chi connectivity index (χ4n) is 3.14. The Morgan fingerprint density at radius 1 is 1.42 bits per heavy atom. The third-order valence-electron chi connectivity index (χ3n) is 4.66. The van der Waals surface area contributed by atoms with Crippen molar-refractivity contribution in [3.05, 3.63) is 24.0 Å². The molecule has 0 unspecified atom stereocenters. The van der Waals surface area contributed by atoms with Gasteiger partial charge in [-0.25, -0.2) is 9.18 Å². The van der Waals surface area contributed by atoms with Crippen LogP contribution in [0.3, 0.4) is 0 Å². The highest BCUT2D eigenvalue weighted by Gasteiger charge is 2.33. The summed E-state index contributed by atoms with van der Waals surface area (Å²) in [5.41, 5.74) is 0.709. The molecule has 0 saturated carbocycles. The lowest BCUT2D eigenvalue weighted by molar-refractivity contribution is -0.144. The van der Waals surface area contributed by atoms with Crippen LogP contribution in [0.2, 0.25) is 0 Å². The number of rotatable bonds is 7. The van der Waals surface area contributed by atoms with Gasteiger partial charge in [-0.05, 0) is 37.3 Å². The van der Waals surface area contributed by atoms with Gasteiger partial charge < -0.3 is 24.4 Å². The number of nitrogens with zero attached hydrogens (tertiary/aromatic N) is 4. The number of anilines is 2. The summed E-state index contributed by atoms with van der Waals surface area (Å²) in [6.07, 6.45) is 0.463. The SMILES string of the molecule is CCOC(=O)CN1CCN(c2ccc(N3C[C@H](CNC(=S)OC)OC3=O)cc2F)C=N1. The first-order chi connectivity index (χ1) is 14.9. The molecule has 0 spiro atoms. The van der Waals surface area contributed by atoms with Crippen LogP contribution in [0.15, 0.2) is 23.3 Å². The number of hydrazone groups is 1. The van der Waals surface area contributed by atoms with Gasteiger partial charge in [-0.2, -0.15) is 5.10 Å². The van der Waals surface area contributed by atoms with E-state index in [0.717, 1.165) is 0 Å². The molecule has 0 aromatic heterocycles. The maximum absolute atomic E-state index is 14.8. The van der Waals surface area contributed by atoms with Crippen molar-refractivity contribution in [1.82, 2.24) is 10.3 Å². The zero-order valence-electron chi connectivity index (χ0n) is 17.2. The number of esters is 1. The average molecular weight is 453 g/mol. The van der Waals surface area contributed by atoms with E-state index in [0.29, 0.717) is 37.6 Å². The summed E-state index contributed by atoms with van der Waals surface area (Å²) in [7, 11) is 1.44. The van der Waals surface area contributed by atoms with Crippen molar-refractivity contribution in [1.29, 1.82) is 0 Å². The van der Waals surface area contributed by atoms with Gasteiger partial charge in [0.25, 0.3) is 5.17 Å². The number of hydrogen-bond acceptors (Lipinski definition) is 9. The normalized spacial score (nSPS) is 18.1. The van der Waals surface area contributed by atoms with Gasteiger partial charge >= 0.3 is 12.1 Å². The van der Waals surface area contributed by atoms with Crippen molar-refractivity contribution in [2.75, 3.05) is 56.2 Å². The number of hydrogen-bond donors (Lipinski definition) is 1. The number of carbonyl (C=O) groups is 2. The Kier molecular flexibility index (Phi) is 7.45. The topological polar surface area (TPSA) is 95.9 Å². The van der Waals surface area contributed by atoms with E-state index in [1.807, 2.05) is 0 Å². The summed E-state index contributed by atoms with van der Waals surface area (Å²) in [6.45, 7) is 3.52. The van der Waals surface area contributed by atoms with Crippen LogP contribution >= 0.6 is 12.2 Å². The summed E-state index contributed by atoms with van der Waals surface area (Å²) >= 11 is 4.90. The molecule has 12 heteroatoms. The summed E-state index contributed by atoms with van der Waals surface area (Å²) in [5.74, 6) is -0.864. The number of halogens is 1. The van der Waals surface area contributed by atoms with Crippen LogP contribution in [-0.4, -0.2) is 81.1 Å². The number of ether oxygens (including phenoxy) is 3. The number of carbonyl (C=O) groups excluding carboxylic acids is 2. The van der Waals surface area contributed by atoms with Crippen LogP contribution in [0.4, 0.5) is 20.6 Å². The highest BCUT2D eigenvalue weighted by Crippen LogP contribution is 2.28. The van der Waals surface area contributed by atoms with Crippen LogP contribution in [0.5, 0.6) is 0 Å². The third kappa shape index (κ3) is 5.72. The quantitative estimate of drug-likeness (QED) is 0.484. The Bertz CT molecular complexity index is 870. The van der Waals surface area contributed by atoms with Crippen LogP contribution in [-0.2, 0) is 19.0 Å². The summed E-state index contributed by atoms with van der Waals surface area (Å²) < 4.78 is 29.8. The first kappa shape index (κ1) is 22.5. The molecule has 0 aliphatic carbocycles. The van der Waals surface area contributed by atoms with Gasteiger partial charge in [-0.1, -0.05) is 0 Å². The smallest absolute Gasteiger partial charge is 0.414 e. The van der Waals surface area contributed by atoms with Crippen molar-refractivity contribution in [3.63, 3.8) is 0 Å². The van der Waals surface area contributed by atoms with Crippen LogP contribution in [0.25, 0.3) is 0 Å². The fraction of sp³-hybridized carbons (Fsp3) is 0.474. The molecule has 3 rings (SSSR count). The maximum atomic E-state index is 14.8. The summed E-state index contributed by atoms with van der Waals surface area (Å²) in [6, 6.07) is 4.51. The second-order valence-corrected chi connectivity index (χ2v) is 7.11. The van der Waals surface area contributed by atoms with E-state index in [-0.39, 0.29) is 24.2 Å². The van der Waals surface area contributed by atoms with Crippen molar-refractivity contribution in [3.8, 4) is 0 Å². The third-order valence-corrected chi connectivity index (χ3v) is 4.97. The van der Waals surface area contributed by atoms with Crippen molar-refractivity contribution >= 4 is 47.2 Å². The van der Waals surface area contributed by atoms with E-state index in [1.54, 1.807) is 29.0 Å². The highest BCUT2D eigenvalue weighted by atomic mass is 32.1. The van der Waals surface area contributed by atoms with E-state index in [4.69, 9.17) is 26.4 Å². The number of cyclic esters (lactones) is 1. The molecule has 1 fully saturated rings. The Morgan fingerprint density at radius 3 is 2.87 bits per heavy atom. The zero-order valence-corrected chi connectivity index (χ0v) is 18.1. The fourth-order valence-corrected chi connectivity index (χ4v) is 3.22. The van der Waals surface area contributed by atoms with Gasteiger partial charge in [-0.15, -0.1) is 0 Å². The molecule has 10 nitrogen and oxygen atoms in total. The standard InChI is InChI=1S/C19H24FN5O5S/c1-3-29-17(26)11-24-7-6-23(12-22-24)16-5-4-13(8-15(16)20)25-10-14(30-19(25)27)9-21-18(31)28-2/h4-5,8,12,14H,3,6-7,9-11H2,1-2H3,(H,21,31)/t14-/m0/s1. The van der Waals surface area contributed by atoms with Gasteiger partial charge in [-0.3, -0.25) is 14.7 Å². The molecule has 1 atom stereocenters. The van der Waals surface area contributed by atoms with Gasteiger partial charge in [0.1, 0.15) is 24.8 Å². The van der Waals surface area contributed by atoms with Crippen LogP contribution < -0.4 is 15.1 Å². The lowest BCUT2D eigenvalue weighted by Crippen LogP contribution is -2.40. The second kappa shape index (κ2) is 10.2. The number of methoxy groups -OCH3 is 1. The molecule has 1 aromatic carbocycles. The number of nitrogens with one attached hydrogen (secondary N) is 1. The number of benzene rings is 1. The molecule has 1 amide bonds. The average Bonchev–Trinajstić information content (AvgIpc) is 3.13. The highest BCUT2D eigenvalue weighted by molar-refractivity contribution is 7.80. The van der Waals surface area contributed by atoms with Gasteiger partial charge in [0, 0.05) is 6.54 Å². The second-order valence-electron chi connectivity index (χ2n) is 6.74. The molecular formula is C19H24FN5O5S. The largest absolute Gasteiger partial charge is 0.474 e. The van der Waals surface area contributed by atoms with Gasteiger partial charge in [0.15, 0.2) is 0 Å². The van der Waals surface area contributed by atoms with Gasteiger partial charge in [0.05, 0.1) is 44.7 Å². The van der Waals surface area contributed by atoms with Crippen LogP contribution in [0.1, 0.15) is 6.92 Å². The van der Waals surface area contributed by atoms with E-state index in [1.165, 1.54) is 24.4 Å². The molecule has 2 aliphatic heterocycles. The molecule has 31 heavy (non-hydrogen) atoms. The predicted molar refractivity (Wildman–Crippen MR) is 116 cm³/mol. The molecule has 0 radical (unpaired) electrons. The van der Waals surface area contributed by atoms with Crippen LogP contribution in [0, 0.1) is 5.82 Å². The van der Waals surface area contributed by atoms with E-state index in [9.17, 15) is 14.0 Å². The minimum atomic E-state index is -0.559. The Balaban J connectivity index is 1.61. The molecule has 1 aromatic rings. The number of amides is 1. The molecular weight excluding hydrogens is 429 g/mol. The molecule has 2 heterocycles. The molecule has 0 bridgehead atoms. The van der Waals surface area contributed by atoms with E-state index >= 15 is 0 Å². The molecule has 1 N–H and O–H groups in total. The molecule has 168 valence electrons. The summed E-state index contributed by atoms with van der Waals surface area (Å²) in [4.78, 5) is 26.7.